The molecule has 1 fully saturated rings. The van der Waals surface area contributed by atoms with Gasteiger partial charge in [0.15, 0.2) is 0 Å². The molecular weight excluding hydrogens is 254 g/mol. The summed E-state index contributed by atoms with van der Waals surface area (Å²) in [6.45, 7) is 2.59. The first-order valence-corrected chi connectivity index (χ1v) is 6.98. The van der Waals surface area contributed by atoms with Crippen molar-refractivity contribution in [1.29, 1.82) is 0 Å². The van der Waals surface area contributed by atoms with Crippen molar-refractivity contribution in [1.82, 2.24) is 5.32 Å². The zero-order valence-electron chi connectivity index (χ0n) is 12.3. The van der Waals surface area contributed by atoms with Crippen LogP contribution in [0.1, 0.15) is 23.7 Å². The summed E-state index contributed by atoms with van der Waals surface area (Å²) in [7, 11) is 3.93. The highest BCUT2D eigenvalue weighted by Crippen LogP contribution is 2.23. The molecular formula is C15H23N3O2. The van der Waals surface area contributed by atoms with E-state index >= 15 is 0 Å². The summed E-state index contributed by atoms with van der Waals surface area (Å²) in [4.78, 5) is 14.2. The van der Waals surface area contributed by atoms with Gasteiger partial charge in [0, 0.05) is 38.0 Å². The summed E-state index contributed by atoms with van der Waals surface area (Å²) < 4.78 is 5.55. The molecule has 0 radical (unpaired) electrons. The lowest BCUT2D eigenvalue weighted by atomic mass is 9.83. The molecule has 3 unspecified atom stereocenters. The standard InChI is InChI=1S/C15H23N3O2/c1-4-20-13-9-12(16)14(13)17-15(19)10-5-7-11(8-6-10)18(2)3/h5-8,12-14H,4,9,16H2,1-3H3,(H,17,19). The number of carbonyl (C=O) groups excluding carboxylic acids is 1. The lowest BCUT2D eigenvalue weighted by Gasteiger charge is -2.42. The average Bonchev–Trinajstić information content (AvgIpc) is 2.44. The molecule has 110 valence electrons. The van der Waals surface area contributed by atoms with Crippen LogP contribution in [0.2, 0.25) is 0 Å². The molecule has 0 spiro atoms. The van der Waals surface area contributed by atoms with Crippen molar-refractivity contribution in [2.45, 2.75) is 31.5 Å². The summed E-state index contributed by atoms with van der Waals surface area (Å²) >= 11 is 0. The van der Waals surface area contributed by atoms with Gasteiger partial charge < -0.3 is 20.7 Å². The van der Waals surface area contributed by atoms with Crippen LogP contribution >= 0.6 is 0 Å². The SMILES string of the molecule is CCOC1CC(N)C1NC(=O)c1ccc(N(C)C)cc1. The van der Waals surface area contributed by atoms with E-state index in [1.54, 1.807) is 0 Å². The van der Waals surface area contributed by atoms with Gasteiger partial charge in [-0.1, -0.05) is 0 Å². The Morgan fingerprint density at radius 2 is 2.05 bits per heavy atom. The number of carbonyl (C=O) groups is 1. The fourth-order valence-corrected chi connectivity index (χ4v) is 2.37. The van der Waals surface area contributed by atoms with E-state index in [2.05, 4.69) is 5.32 Å². The number of nitrogens with zero attached hydrogens (tertiary/aromatic N) is 1. The van der Waals surface area contributed by atoms with Gasteiger partial charge >= 0.3 is 0 Å². The zero-order chi connectivity index (χ0) is 14.7. The number of nitrogens with two attached hydrogens (primary N) is 1. The molecule has 1 saturated carbocycles. The first-order chi connectivity index (χ1) is 9.52. The van der Waals surface area contributed by atoms with Crippen LogP contribution in [-0.4, -0.2) is 44.8 Å². The first-order valence-electron chi connectivity index (χ1n) is 6.98. The second kappa shape index (κ2) is 6.24. The van der Waals surface area contributed by atoms with E-state index in [9.17, 15) is 4.79 Å². The second-order valence-corrected chi connectivity index (χ2v) is 5.33. The topological polar surface area (TPSA) is 67.6 Å². The number of hydrogen-bond acceptors (Lipinski definition) is 4. The number of benzene rings is 1. The molecule has 1 aromatic carbocycles. The van der Waals surface area contributed by atoms with Gasteiger partial charge in [0.05, 0.1) is 12.1 Å². The molecule has 3 N–H and O–H groups in total. The largest absolute Gasteiger partial charge is 0.378 e. The fourth-order valence-electron chi connectivity index (χ4n) is 2.37. The molecule has 5 nitrogen and oxygen atoms in total. The van der Waals surface area contributed by atoms with Crippen molar-refractivity contribution < 1.29 is 9.53 Å². The summed E-state index contributed by atoms with van der Waals surface area (Å²) in [6, 6.07) is 7.40. The normalized spacial score (nSPS) is 24.9. The predicted molar refractivity (Wildman–Crippen MR) is 80.0 cm³/mol. The third-order valence-electron chi connectivity index (χ3n) is 3.69. The molecule has 2 rings (SSSR count). The van der Waals surface area contributed by atoms with E-state index < -0.39 is 0 Å². The van der Waals surface area contributed by atoms with Crippen molar-refractivity contribution in [3.63, 3.8) is 0 Å². The Bertz CT molecular complexity index is 457. The summed E-state index contributed by atoms with van der Waals surface area (Å²) in [5.74, 6) is -0.0971. The molecule has 1 amide bonds. The highest BCUT2D eigenvalue weighted by Gasteiger charge is 2.40. The fraction of sp³-hybridized carbons (Fsp3) is 0.533. The van der Waals surface area contributed by atoms with Gasteiger partial charge in [-0.2, -0.15) is 0 Å². The van der Waals surface area contributed by atoms with Crippen LogP contribution in [0, 0.1) is 0 Å². The van der Waals surface area contributed by atoms with Crippen molar-refractivity contribution in [2.75, 3.05) is 25.6 Å². The summed E-state index contributed by atoms with van der Waals surface area (Å²) in [6.07, 6.45) is 0.846. The Morgan fingerprint density at radius 1 is 1.40 bits per heavy atom. The maximum Gasteiger partial charge on any atom is 0.251 e. The van der Waals surface area contributed by atoms with Gasteiger partial charge in [-0.3, -0.25) is 4.79 Å². The Hall–Kier alpha value is -1.59. The van der Waals surface area contributed by atoms with Gasteiger partial charge in [0.1, 0.15) is 0 Å². The quantitative estimate of drug-likeness (QED) is 0.842. The predicted octanol–water partition coefficient (Wildman–Crippen LogP) is 0.987. The smallest absolute Gasteiger partial charge is 0.251 e. The van der Waals surface area contributed by atoms with Crippen LogP contribution in [0.25, 0.3) is 0 Å². The molecule has 0 aliphatic heterocycles. The Balaban J connectivity index is 1.97. The van der Waals surface area contributed by atoms with Crippen LogP contribution in [0.4, 0.5) is 5.69 Å². The third kappa shape index (κ3) is 3.11. The van der Waals surface area contributed by atoms with E-state index in [-0.39, 0.29) is 24.1 Å². The van der Waals surface area contributed by atoms with Gasteiger partial charge in [-0.25, -0.2) is 0 Å². The van der Waals surface area contributed by atoms with Crippen molar-refractivity contribution in [3.8, 4) is 0 Å². The molecule has 20 heavy (non-hydrogen) atoms. The molecule has 3 atom stereocenters. The number of ether oxygens (including phenoxy) is 1. The lowest BCUT2D eigenvalue weighted by molar-refractivity contribution is -0.0300. The van der Waals surface area contributed by atoms with Gasteiger partial charge in [0.25, 0.3) is 5.91 Å². The van der Waals surface area contributed by atoms with Crippen LogP contribution in [0.5, 0.6) is 0 Å². The highest BCUT2D eigenvalue weighted by atomic mass is 16.5. The minimum absolute atomic E-state index is 0.0171. The first kappa shape index (κ1) is 14.8. The molecule has 0 heterocycles. The van der Waals surface area contributed by atoms with E-state index in [4.69, 9.17) is 10.5 Å². The summed E-state index contributed by atoms with van der Waals surface area (Å²) in [5, 5.41) is 2.96. The molecule has 0 bridgehead atoms. The third-order valence-corrected chi connectivity index (χ3v) is 3.69. The average molecular weight is 277 g/mol. The Kier molecular flexibility index (Phi) is 4.62. The number of nitrogens with one attached hydrogen (secondary N) is 1. The van der Waals surface area contributed by atoms with E-state index in [0.717, 1.165) is 12.1 Å². The Labute approximate surface area is 120 Å². The second-order valence-electron chi connectivity index (χ2n) is 5.33. The van der Waals surface area contributed by atoms with Gasteiger partial charge in [0.2, 0.25) is 0 Å². The maximum atomic E-state index is 12.2. The van der Waals surface area contributed by atoms with Crippen LogP contribution < -0.4 is 16.0 Å². The van der Waals surface area contributed by atoms with Crippen molar-refractivity contribution in [2.24, 2.45) is 5.73 Å². The van der Waals surface area contributed by atoms with E-state index in [1.807, 2.05) is 50.2 Å². The maximum absolute atomic E-state index is 12.2. The summed E-state index contributed by atoms with van der Waals surface area (Å²) in [5.41, 5.74) is 7.64. The van der Waals surface area contributed by atoms with E-state index in [1.165, 1.54) is 0 Å². The highest BCUT2D eigenvalue weighted by molar-refractivity contribution is 5.94. The van der Waals surface area contributed by atoms with Gasteiger partial charge in [-0.05, 0) is 37.6 Å². The zero-order valence-corrected chi connectivity index (χ0v) is 12.3. The van der Waals surface area contributed by atoms with Crippen molar-refractivity contribution in [3.05, 3.63) is 29.8 Å². The number of amides is 1. The molecule has 1 aliphatic rings. The van der Waals surface area contributed by atoms with Crippen LogP contribution in [0.3, 0.4) is 0 Å². The van der Waals surface area contributed by atoms with Gasteiger partial charge in [-0.15, -0.1) is 0 Å². The minimum atomic E-state index is -0.0971. The number of hydrogen-bond donors (Lipinski definition) is 2. The molecule has 1 aromatic rings. The van der Waals surface area contributed by atoms with Crippen LogP contribution in [0.15, 0.2) is 24.3 Å². The lowest BCUT2D eigenvalue weighted by Crippen LogP contribution is -2.64. The Morgan fingerprint density at radius 3 is 2.55 bits per heavy atom. The molecule has 1 aliphatic carbocycles. The van der Waals surface area contributed by atoms with E-state index in [0.29, 0.717) is 12.2 Å². The molecule has 0 saturated heterocycles. The van der Waals surface area contributed by atoms with Crippen LogP contribution in [-0.2, 0) is 4.74 Å². The minimum Gasteiger partial charge on any atom is -0.378 e. The monoisotopic (exact) mass is 277 g/mol. The van der Waals surface area contributed by atoms with Crippen molar-refractivity contribution >= 4 is 11.6 Å². The number of rotatable bonds is 5. The molecule has 0 aromatic heterocycles. The number of anilines is 1. The molecule has 5 heteroatoms.